The molecule has 0 saturated carbocycles. The number of rotatable bonds is 5. The van der Waals surface area contributed by atoms with E-state index in [0.717, 1.165) is 15.8 Å². The first-order valence-corrected chi connectivity index (χ1v) is 8.15. The van der Waals surface area contributed by atoms with Gasteiger partial charge < -0.3 is 10.1 Å². The number of hydrogen-bond acceptors (Lipinski definition) is 4. The zero-order chi connectivity index (χ0) is 18.5. The summed E-state index contributed by atoms with van der Waals surface area (Å²) in [6.07, 6.45) is 0. The van der Waals surface area contributed by atoms with Gasteiger partial charge in [-0.3, -0.25) is 9.59 Å². The van der Waals surface area contributed by atoms with E-state index in [4.69, 9.17) is 4.74 Å². The molecule has 6 nitrogen and oxygen atoms in total. The molecule has 0 unspecified atom stereocenters. The number of ether oxygens (including phenoxy) is 1. The minimum Gasteiger partial charge on any atom is -0.495 e. The van der Waals surface area contributed by atoms with Gasteiger partial charge >= 0.3 is 0 Å². The van der Waals surface area contributed by atoms with E-state index in [1.54, 1.807) is 12.1 Å². The van der Waals surface area contributed by atoms with Crippen molar-refractivity contribution in [2.24, 2.45) is 0 Å². The van der Waals surface area contributed by atoms with Crippen LogP contribution in [0.3, 0.4) is 0 Å². The standard InChI is InChI=1S/C20H19N3O3/c1-14-8-10-18(26-2)17(12-14)21-19(24)13-23-20(25)11-9-16(22-23)15-6-4-3-5-7-15/h3-12H,13H2,1-2H3,(H,21,24). The van der Waals surface area contributed by atoms with Crippen molar-refractivity contribution in [2.75, 3.05) is 12.4 Å². The highest BCUT2D eigenvalue weighted by molar-refractivity contribution is 5.92. The Balaban J connectivity index is 1.82. The Bertz CT molecular complexity index is 981. The molecule has 1 aromatic heterocycles. The molecule has 132 valence electrons. The molecule has 0 saturated heterocycles. The number of carbonyl (C=O) groups is 1. The van der Waals surface area contributed by atoms with Gasteiger partial charge in [-0.2, -0.15) is 5.10 Å². The van der Waals surface area contributed by atoms with Crippen molar-refractivity contribution in [3.63, 3.8) is 0 Å². The van der Waals surface area contributed by atoms with E-state index in [-0.39, 0.29) is 18.0 Å². The lowest BCUT2D eigenvalue weighted by atomic mass is 10.1. The van der Waals surface area contributed by atoms with Crippen LogP contribution < -0.4 is 15.6 Å². The van der Waals surface area contributed by atoms with Gasteiger partial charge in [0.05, 0.1) is 18.5 Å². The van der Waals surface area contributed by atoms with E-state index in [0.29, 0.717) is 17.1 Å². The molecule has 26 heavy (non-hydrogen) atoms. The number of nitrogens with one attached hydrogen (secondary N) is 1. The highest BCUT2D eigenvalue weighted by Gasteiger charge is 2.11. The smallest absolute Gasteiger partial charge is 0.267 e. The minimum absolute atomic E-state index is 0.184. The molecule has 1 N–H and O–H groups in total. The van der Waals surface area contributed by atoms with E-state index in [1.165, 1.54) is 13.2 Å². The Morgan fingerprint density at radius 2 is 1.88 bits per heavy atom. The summed E-state index contributed by atoms with van der Waals surface area (Å²) >= 11 is 0. The van der Waals surface area contributed by atoms with Gasteiger partial charge in [-0.1, -0.05) is 36.4 Å². The van der Waals surface area contributed by atoms with E-state index < -0.39 is 0 Å². The summed E-state index contributed by atoms with van der Waals surface area (Å²) in [4.78, 5) is 24.5. The molecule has 1 amide bonds. The summed E-state index contributed by atoms with van der Waals surface area (Å²) in [5, 5.41) is 7.07. The molecule has 0 aliphatic rings. The second-order valence-electron chi connectivity index (χ2n) is 5.83. The number of amides is 1. The predicted octanol–water partition coefficient (Wildman–Crippen LogP) is 2.87. The van der Waals surface area contributed by atoms with E-state index in [9.17, 15) is 9.59 Å². The molecule has 3 rings (SSSR count). The van der Waals surface area contributed by atoms with Crippen LogP contribution in [0.25, 0.3) is 11.3 Å². The van der Waals surface area contributed by atoms with Gasteiger partial charge in [0, 0.05) is 11.6 Å². The van der Waals surface area contributed by atoms with Gasteiger partial charge in [-0.25, -0.2) is 4.68 Å². The van der Waals surface area contributed by atoms with Crippen LogP contribution in [0.4, 0.5) is 5.69 Å². The average Bonchev–Trinajstić information content (AvgIpc) is 2.64. The van der Waals surface area contributed by atoms with Gasteiger partial charge in [0.1, 0.15) is 12.3 Å². The number of carbonyl (C=O) groups excluding carboxylic acids is 1. The van der Waals surface area contributed by atoms with Gasteiger partial charge in [-0.15, -0.1) is 0 Å². The lowest BCUT2D eigenvalue weighted by Crippen LogP contribution is -2.29. The quantitative estimate of drug-likeness (QED) is 0.769. The van der Waals surface area contributed by atoms with Crippen LogP contribution in [-0.4, -0.2) is 22.8 Å². The molecule has 0 aliphatic carbocycles. The monoisotopic (exact) mass is 349 g/mol. The van der Waals surface area contributed by atoms with Crippen molar-refractivity contribution in [3.05, 3.63) is 76.6 Å². The summed E-state index contributed by atoms with van der Waals surface area (Å²) in [5.41, 5.74) is 2.72. The molecular formula is C20H19N3O3. The number of aryl methyl sites for hydroxylation is 1. The Labute approximate surface area is 151 Å². The van der Waals surface area contributed by atoms with Gasteiger partial charge in [-0.05, 0) is 30.7 Å². The molecular weight excluding hydrogens is 330 g/mol. The van der Waals surface area contributed by atoms with Crippen LogP contribution in [0.1, 0.15) is 5.56 Å². The van der Waals surface area contributed by atoms with E-state index in [1.807, 2.05) is 49.4 Å². The molecule has 0 atom stereocenters. The van der Waals surface area contributed by atoms with Crippen LogP contribution in [0.15, 0.2) is 65.5 Å². The summed E-state index contributed by atoms with van der Waals surface area (Å²) < 4.78 is 6.41. The number of nitrogens with zero attached hydrogens (tertiary/aromatic N) is 2. The number of benzene rings is 2. The van der Waals surface area contributed by atoms with Crippen molar-refractivity contribution in [1.82, 2.24) is 9.78 Å². The maximum Gasteiger partial charge on any atom is 0.267 e. The summed E-state index contributed by atoms with van der Waals surface area (Å²) in [5.74, 6) is 0.205. The Kier molecular flexibility index (Phi) is 5.12. The molecule has 0 aliphatic heterocycles. The first-order chi connectivity index (χ1) is 12.6. The number of methoxy groups -OCH3 is 1. The van der Waals surface area contributed by atoms with Crippen LogP contribution in [-0.2, 0) is 11.3 Å². The highest BCUT2D eigenvalue weighted by Crippen LogP contribution is 2.25. The van der Waals surface area contributed by atoms with Crippen molar-refractivity contribution in [2.45, 2.75) is 13.5 Å². The third kappa shape index (κ3) is 3.97. The summed E-state index contributed by atoms with van der Waals surface area (Å²) in [6, 6.07) is 18.0. The summed E-state index contributed by atoms with van der Waals surface area (Å²) in [6.45, 7) is 1.74. The normalized spacial score (nSPS) is 10.4. The zero-order valence-corrected chi connectivity index (χ0v) is 14.6. The Morgan fingerprint density at radius 3 is 2.62 bits per heavy atom. The molecule has 2 aromatic carbocycles. The SMILES string of the molecule is COc1ccc(C)cc1NC(=O)Cn1nc(-c2ccccc2)ccc1=O. The zero-order valence-electron chi connectivity index (χ0n) is 14.6. The molecule has 0 spiro atoms. The van der Waals surface area contributed by atoms with Crippen molar-refractivity contribution >= 4 is 11.6 Å². The first-order valence-electron chi connectivity index (χ1n) is 8.15. The molecule has 0 radical (unpaired) electrons. The lowest BCUT2D eigenvalue weighted by molar-refractivity contribution is -0.117. The van der Waals surface area contributed by atoms with Crippen LogP contribution in [0.5, 0.6) is 5.75 Å². The maximum absolute atomic E-state index is 12.4. The second-order valence-corrected chi connectivity index (χ2v) is 5.83. The minimum atomic E-state index is -0.353. The van der Waals surface area contributed by atoms with Crippen molar-refractivity contribution < 1.29 is 9.53 Å². The van der Waals surface area contributed by atoms with Gasteiger partial charge in [0.2, 0.25) is 5.91 Å². The third-order valence-electron chi connectivity index (χ3n) is 3.86. The van der Waals surface area contributed by atoms with Crippen molar-refractivity contribution in [1.29, 1.82) is 0 Å². The largest absolute Gasteiger partial charge is 0.495 e. The molecule has 1 heterocycles. The van der Waals surface area contributed by atoms with Crippen molar-refractivity contribution in [3.8, 4) is 17.0 Å². The van der Waals surface area contributed by atoms with Crippen LogP contribution in [0.2, 0.25) is 0 Å². The fourth-order valence-corrected chi connectivity index (χ4v) is 2.57. The Morgan fingerprint density at radius 1 is 1.12 bits per heavy atom. The fourth-order valence-electron chi connectivity index (χ4n) is 2.57. The topological polar surface area (TPSA) is 73.2 Å². The fraction of sp³-hybridized carbons (Fsp3) is 0.150. The van der Waals surface area contributed by atoms with Gasteiger partial charge in [0.25, 0.3) is 5.56 Å². The third-order valence-corrected chi connectivity index (χ3v) is 3.86. The average molecular weight is 349 g/mol. The Hall–Kier alpha value is -3.41. The van der Waals surface area contributed by atoms with Crippen LogP contribution in [0, 0.1) is 6.92 Å². The van der Waals surface area contributed by atoms with Gasteiger partial charge in [0.15, 0.2) is 0 Å². The molecule has 6 heteroatoms. The number of hydrogen-bond donors (Lipinski definition) is 1. The molecule has 0 bridgehead atoms. The lowest BCUT2D eigenvalue weighted by Gasteiger charge is -2.12. The van der Waals surface area contributed by atoms with E-state index >= 15 is 0 Å². The molecule has 3 aromatic rings. The predicted molar refractivity (Wildman–Crippen MR) is 100 cm³/mol. The van der Waals surface area contributed by atoms with E-state index in [2.05, 4.69) is 10.4 Å². The first kappa shape index (κ1) is 17.4. The highest BCUT2D eigenvalue weighted by atomic mass is 16.5. The summed E-state index contributed by atoms with van der Waals surface area (Å²) in [7, 11) is 1.54. The number of anilines is 1. The maximum atomic E-state index is 12.4. The van der Waals surface area contributed by atoms with Crippen LogP contribution >= 0.6 is 0 Å². The number of aromatic nitrogens is 2. The second kappa shape index (κ2) is 7.65. The molecule has 0 fully saturated rings.